The number of rotatable bonds is 3. The molecule has 3 aromatic rings. The predicted octanol–water partition coefficient (Wildman–Crippen LogP) is 1.94. The zero-order valence-electron chi connectivity index (χ0n) is 13.3. The Hall–Kier alpha value is -2.76. The van der Waals surface area contributed by atoms with Gasteiger partial charge in [0.15, 0.2) is 0 Å². The van der Waals surface area contributed by atoms with Crippen molar-refractivity contribution in [3.8, 4) is 6.07 Å². The first-order valence-corrected chi connectivity index (χ1v) is 9.32. The van der Waals surface area contributed by atoms with E-state index in [0.29, 0.717) is 30.6 Å². The van der Waals surface area contributed by atoms with Gasteiger partial charge >= 0.3 is 0 Å². The Bertz CT molecular complexity index is 1080. The van der Waals surface area contributed by atoms with Crippen molar-refractivity contribution in [1.82, 2.24) is 19.1 Å². The molecular formula is C17H15N5O2S. The number of para-hydroxylation sites is 1. The molecule has 8 heteroatoms. The Morgan fingerprint density at radius 2 is 2.08 bits per heavy atom. The topological polar surface area (TPSA) is 91.9 Å². The molecule has 0 bridgehead atoms. The summed E-state index contributed by atoms with van der Waals surface area (Å²) in [6.45, 7) is 0.746. The van der Waals surface area contributed by atoms with Gasteiger partial charge in [0.1, 0.15) is 11.0 Å². The van der Waals surface area contributed by atoms with Gasteiger partial charge in [0.2, 0.25) is 10.0 Å². The van der Waals surface area contributed by atoms with Crippen LogP contribution in [0, 0.1) is 11.3 Å². The van der Waals surface area contributed by atoms with Crippen LogP contribution in [-0.4, -0.2) is 40.6 Å². The van der Waals surface area contributed by atoms with Crippen LogP contribution in [0.15, 0.2) is 53.8 Å². The second-order valence-corrected chi connectivity index (χ2v) is 7.86. The molecule has 1 saturated heterocycles. The molecule has 1 unspecified atom stereocenters. The number of nitrogens with zero attached hydrogens (tertiary/aromatic N) is 5. The molecule has 0 radical (unpaired) electrons. The highest BCUT2D eigenvalue weighted by Crippen LogP contribution is 2.30. The average Bonchev–Trinajstić information content (AvgIpc) is 3.30. The van der Waals surface area contributed by atoms with Crippen molar-refractivity contribution in [3.63, 3.8) is 0 Å². The average molecular weight is 353 g/mol. The number of aromatic nitrogens is 3. The van der Waals surface area contributed by atoms with Gasteiger partial charge in [-0.3, -0.25) is 9.67 Å². The third-order valence-corrected chi connectivity index (χ3v) is 6.34. The Morgan fingerprint density at radius 3 is 2.88 bits per heavy atom. The summed E-state index contributed by atoms with van der Waals surface area (Å²) in [5.74, 6) is 0. The van der Waals surface area contributed by atoms with Crippen molar-refractivity contribution in [2.75, 3.05) is 13.1 Å². The van der Waals surface area contributed by atoms with E-state index >= 15 is 0 Å². The van der Waals surface area contributed by atoms with Crippen LogP contribution in [0.5, 0.6) is 0 Å². The zero-order valence-corrected chi connectivity index (χ0v) is 14.1. The fraction of sp³-hybridized carbons (Fsp3) is 0.235. The van der Waals surface area contributed by atoms with Crippen LogP contribution >= 0.6 is 0 Å². The first-order valence-electron chi connectivity index (χ1n) is 7.88. The first-order chi connectivity index (χ1) is 12.1. The zero-order chi connectivity index (χ0) is 17.4. The number of benzene rings is 1. The standard InChI is InChI=1S/C17H15N5O2S/c18-9-13-10-20-22(11-13)15-6-8-21(12-15)25(23,24)16-5-1-3-14-4-2-7-19-17(14)16/h1-5,7,10-11,15H,6,8,12H2. The maximum absolute atomic E-state index is 13.1. The van der Waals surface area contributed by atoms with Crippen LogP contribution in [0.1, 0.15) is 18.0 Å². The van der Waals surface area contributed by atoms with Gasteiger partial charge in [-0.2, -0.15) is 14.7 Å². The number of pyridine rings is 1. The Morgan fingerprint density at radius 1 is 1.24 bits per heavy atom. The van der Waals surface area contributed by atoms with Gasteiger partial charge in [-0.05, 0) is 18.6 Å². The molecule has 1 aliphatic rings. The Labute approximate surface area is 145 Å². The van der Waals surface area contributed by atoms with Gasteiger partial charge in [0.05, 0.1) is 23.3 Å². The molecule has 1 atom stereocenters. The third-order valence-electron chi connectivity index (χ3n) is 4.44. The number of fused-ring (bicyclic) bond motifs is 1. The van der Waals surface area contributed by atoms with Crippen molar-refractivity contribution in [2.45, 2.75) is 17.4 Å². The van der Waals surface area contributed by atoms with E-state index in [9.17, 15) is 8.42 Å². The molecule has 126 valence electrons. The molecule has 3 heterocycles. The van der Waals surface area contributed by atoms with Gasteiger partial charge in [-0.15, -0.1) is 0 Å². The highest BCUT2D eigenvalue weighted by Gasteiger charge is 2.34. The SMILES string of the molecule is N#Cc1cnn(C2CCN(S(=O)(=O)c3cccc4cccnc34)C2)c1. The lowest BCUT2D eigenvalue weighted by atomic mass is 10.2. The fourth-order valence-corrected chi connectivity index (χ4v) is 4.82. The van der Waals surface area contributed by atoms with E-state index in [1.807, 2.05) is 18.2 Å². The van der Waals surface area contributed by atoms with Crippen molar-refractivity contribution >= 4 is 20.9 Å². The minimum Gasteiger partial charge on any atom is -0.267 e. The van der Waals surface area contributed by atoms with Gasteiger partial charge < -0.3 is 0 Å². The van der Waals surface area contributed by atoms with Crippen LogP contribution in [0.3, 0.4) is 0 Å². The highest BCUT2D eigenvalue weighted by atomic mass is 32.2. The molecule has 4 rings (SSSR count). The summed E-state index contributed by atoms with van der Waals surface area (Å²) in [6, 6.07) is 10.8. The maximum atomic E-state index is 13.1. The number of sulfonamides is 1. The minimum atomic E-state index is -3.64. The van der Waals surface area contributed by atoms with Gasteiger partial charge in [-0.1, -0.05) is 18.2 Å². The summed E-state index contributed by atoms with van der Waals surface area (Å²) in [4.78, 5) is 4.48. The number of hydrogen-bond acceptors (Lipinski definition) is 5. The van der Waals surface area contributed by atoms with Crippen LogP contribution in [0.25, 0.3) is 10.9 Å². The molecule has 7 nitrogen and oxygen atoms in total. The van der Waals surface area contributed by atoms with E-state index in [-0.39, 0.29) is 10.9 Å². The molecular weight excluding hydrogens is 338 g/mol. The normalized spacial score (nSPS) is 18.4. The minimum absolute atomic E-state index is 0.0696. The lowest BCUT2D eigenvalue weighted by molar-refractivity contribution is 0.435. The van der Waals surface area contributed by atoms with E-state index in [1.165, 1.54) is 10.5 Å². The van der Waals surface area contributed by atoms with Crippen molar-refractivity contribution < 1.29 is 8.42 Å². The van der Waals surface area contributed by atoms with Crippen molar-refractivity contribution in [2.24, 2.45) is 0 Å². The Balaban J connectivity index is 1.66. The van der Waals surface area contributed by atoms with Gasteiger partial charge in [-0.25, -0.2) is 8.42 Å². The summed E-state index contributed by atoms with van der Waals surface area (Å²) < 4.78 is 29.3. The summed E-state index contributed by atoms with van der Waals surface area (Å²) in [5.41, 5.74) is 0.957. The molecule has 0 spiro atoms. The molecule has 1 fully saturated rings. The lowest BCUT2D eigenvalue weighted by Gasteiger charge is -2.17. The van der Waals surface area contributed by atoms with Crippen LogP contribution < -0.4 is 0 Å². The van der Waals surface area contributed by atoms with Crippen LogP contribution in [0.2, 0.25) is 0 Å². The third kappa shape index (κ3) is 2.67. The molecule has 0 aliphatic carbocycles. The molecule has 1 aromatic carbocycles. The number of hydrogen-bond donors (Lipinski definition) is 0. The van der Waals surface area contributed by atoms with Gasteiger partial charge in [0.25, 0.3) is 0 Å². The van der Waals surface area contributed by atoms with Crippen LogP contribution in [0.4, 0.5) is 0 Å². The van der Waals surface area contributed by atoms with E-state index in [2.05, 4.69) is 10.1 Å². The Kier molecular flexibility index (Phi) is 3.75. The molecule has 0 saturated carbocycles. The molecule has 0 amide bonds. The fourth-order valence-electron chi connectivity index (χ4n) is 3.16. The van der Waals surface area contributed by atoms with Crippen LogP contribution in [-0.2, 0) is 10.0 Å². The first kappa shape index (κ1) is 15.7. The second-order valence-electron chi connectivity index (χ2n) is 5.96. The van der Waals surface area contributed by atoms with Crippen molar-refractivity contribution in [1.29, 1.82) is 5.26 Å². The summed E-state index contributed by atoms with van der Waals surface area (Å²) in [7, 11) is -3.64. The predicted molar refractivity (Wildman–Crippen MR) is 91.1 cm³/mol. The van der Waals surface area contributed by atoms with E-state index in [1.54, 1.807) is 35.3 Å². The summed E-state index contributed by atoms with van der Waals surface area (Å²) in [6.07, 6.45) is 5.40. The molecule has 0 N–H and O–H groups in total. The lowest BCUT2D eigenvalue weighted by Crippen LogP contribution is -2.29. The van der Waals surface area contributed by atoms with E-state index in [4.69, 9.17) is 5.26 Å². The van der Waals surface area contributed by atoms with Crippen molar-refractivity contribution in [3.05, 3.63) is 54.5 Å². The highest BCUT2D eigenvalue weighted by molar-refractivity contribution is 7.89. The van der Waals surface area contributed by atoms with E-state index < -0.39 is 10.0 Å². The number of nitriles is 1. The largest absolute Gasteiger partial charge is 0.267 e. The maximum Gasteiger partial charge on any atom is 0.245 e. The summed E-state index contributed by atoms with van der Waals surface area (Å²) in [5, 5.41) is 13.9. The van der Waals surface area contributed by atoms with E-state index in [0.717, 1.165) is 5.39 Å². The molecule has 1 aliphatic heterocycles. The quantitative estimate of drug-likeness (QED) is 0.717. The monoisotopic (exact) mass is 353 g/mol. The molecule has 2 aromatic heterocycles. The summed E-state index contributed by atoms with van der Waals surface area (Å²) >= 11 is 0. The molecule has 25 heavy (non-hydrogen) atoms. The van der Waals surface area contributed by atoms with Gasteiger partial charge in [0, 0.05) is 30.9 Å². The second kappa shape index (κ2) is 5.95. The smallest absolute Gasteiger partial charge is 0.245 e.